The van der Waals surface area contributed by atoms with Crippen LogP contribution in [0, 0.1) is 17.0 Å². The topological polar surface area (TPSA) is 111 Å². The molecular formula is C25H30N2O6S. The fraction of sp³-hybridized carbons (Fsp3) is 0.320. The minimum atomic E-state index is -0.923. The number of carbonyl (C=O) groups is 1. The van der Waals surface area contributed by atoms with Gasteiger partial charge in [0.1, 0.15) is 11.7 Å². The Morgan fingerprint density at radius 3 is 2.32 bits per heavy atom. The molecule has 0 bridgehead atoms. The highest BCUT2D eigenvalue weighted by molar-refractivity contribution is 7.98. The van der Waals surface area contributed by atoms with E-state index in [0.717, 1.165) is 10.5 Å². The van der Waals surface area contributed by atoms with E-state index in [0.29, 0.717) is 22.7 Å². The largest absolute Gasteiger partial charge is 0.513 e. The number of allylic oxidation sites excluding steroid dienone is 2. The molecule has 1 atom stereocenters. The smallest absolute Gasteiger partial charge is 0.437 e. The lowest BCUT2D eigenvalue weighted by atomic mass is 9.89. The van der Waals surface area contributed by atoms with Crippen LogP contribution in [0.2, 0.25) is 0 Å². The second kappa shape index (κ2) is 12.8. The van der Waals surface area contributed by atoms with Gasteiger partial charge >= 0.3 is 6.16 Å². The minimum absolute atomic E-state index is 0.0621. The lowest BCUT2D eigenvalue weighted by Gasteiger charge is -2.27. The molecule has 8 nitrogen and oxygen atoms in total. The first-order valence-corrected chi connectivity index (χ1v) is 11.7. The summed E-state index contributed by atoms with van der Waals surface area (Å²) in [7, 11) is 1.20. The van der Waals surface area contributed by atoms with E-state index >= 15 is 0 Å². The van der Waals surface area contributed by atoms with E-state index in [1.54, 1.807) is 32.5 Å². The van der Waals surface area contributed by atoms with Crippen LogP contribution in [-0.2, 0) is 15.2 Å². The highest BCUT2D eigenvalue weighted by Gasteiger charge is 2.40. The average Bonchev–Trinajstić information content (AvgIpc) is 2.80. The van der Waals surface area contributed by atoms with Crippen molar-refractivity contribution in [3.8, 4) is 0 Å². The van der Waals surface area contributed by atoms with E-state index < -0.39 is 17.0 Å². The Labute approximate surface area is 203 Å². The zero-order valence-electron chi connectivity index (χ0n) is 20.0. The van der Waals surface area contributed by atoms with Gasteiger partial charge in [-0.1, -0.05) is 48.0 Å². The van der Waals surface area contributed by atoms with Crippen LogP contribution >= 0.6 is 11.8 Å². The normalized spacial score (nSPS) is 15.2. The van der Waals surface area contributed by atoms with Gasteiger partial charge in [-0.2, -0.15) is 0 Å². The van der Waals surface area contributed by atoms with Crippen LogP contribution in [0.4, 0.5) is 4.79 Å². The van der Waals surface area contributed by atoms with E-state index in [4.69, 9.17) is 9.84 Å². The van der Waals surface area contributed by atoms with Crippen molar-refractivity contribution < 1.29 is 24.3 Å². The van der Waals surface area contributed by atoms with Crippen LogP contribution < -0.4 is 5.32 Å². The third kappa shape index (κ3) is 6.85. The highest BCUT2D eigenvalue weighted by Crippen LogP contribution is 2.43. The molecule has 0 fully saturated rings. The van der Waals surface area contributed by atoms with Gasteiger partial charge in [0.25, 0.3) is 5.70 Å². The zero-order chi connectivity index (χ0) is 25.3. The quantitative estimate of drug-likeness (QED) is 0.238. The summed E-state index contributed by atoms with van der Waals surface area (Å²) in [5.41, 5.74) is 3.90. The molecule has 0 radical (unpaired) electrons. The summed E-state index contributed by atoms with van der Waals surface area (Å²) in [6.07, 6.45) is -0.923. The summed E-state index contributed by atoms with van der Waals surface area (Å²) < 4.78 is 10.0. The van der Waals surface area contributed by atoms with Crippen molar-refractivity contribution in [2.75, 3.05) is 13.7 Å². The van der Waals surface area contributed by atoms with Crippen LogP contribution in [-0.4, -0.2) is 29.9 Å². The van der Waals surface area contributed by atoms with Crippen LogP contribution in [0.25, 0.3) is 0 Å². The second-order valence-electron chi connectivity index (χ2n) is 7.50. The van der Waals surface area contributed by atoms with Crippen molar-refractivity contribution in [2.45, 2.75) is 44.3 Å². The molecule has 0 aromatic heterocycles. The number of nitro groups is 1. The number of benzene rings is 2. The minimum Gasteiger partial charge on any atom is -0.437 e. The molecule has 1 aliphatic heterocycles. The monoisotopic (exact) mass is 486 g/mol. The predicted octanol–water partition coefficient (Wildman–Crippen LogP) is 5.50. The Morgan fingerprint density at radius 1 is 1.12 bits per heavy atom. The van der Waals surface area contributed by atoms with E-state index in [9.17, 15) is 14.9 Å². The van der Waals surface area contributed by atoms with Gasteiger partial charge in [0, 0.05) is 17.3 Å². The molecule has 2 N–H and O–H groups in total. The summed E-state index contributed by atoms with van der Waals surface area (Å²) >= 11 is 1.58. The maximum absolute atomic E-state index is 12.0. The number of aryl methyl sites for hydroxylation is 1. The Morgan fingerprint density at radius 2 is 1.74 bits per heavy atom. The molecule has 0 saturated carbocycles. The van der Waals surface area contributed by atoms with Crippen molar-refractivity contribution in [1.29, 1.82) is 0 Å². The first kappa shape index (κ1) is 26.9. The Bertz CT molecular complexity index is 1080. The fourth-order valence-electron chi connectivity index (χ4n) is 3.46. The van der Waals surface area contributed by atoms with Gasteiger partial charge in [0.15, 0.2) is 0 Å². The van der Waals surface area contributed by atoms with Gasteiger partial charge < -0.3 is 19.9 Å². The van der Waals surface area contributed by atoms with Crippen molar-refractivity contribution in [2.24, 2.45) is 0 Å². The first-order chi connectivity index (χ1) is 16.2. The summed E-state index contributed by atoms with van der Waals surface area (Å²) in [6.45, 7) is 7.33. The van der Waals surface area contributed by atoms with Gasteiger partial charge in [-0.15, -0.1) is 11.8 Å². The number of thioether (sulfide) groups is 1. The zero-order valence-corrected chi connectivity index (χ0v) is 20.8. The number of nitrogens with zero attached hydrogens (tertiary/aromatic N) is 1. The predicted molar refractivity (Wildman–Crippen MR) is 132 cm³/mol. The maximum atomic E-state index is 12.0. The molecule has 1 aliphatic rings. The van der Waals surface area contributed by atoms with Crippen molar-refractivity contribution >= 4 is 17.9 Å². The Kier molecular flexibility index (Phi) is 10.2. The number of hydrogen-bond donors (Lipinski definition) is 2. The number of dihydropyridines is 1. The fourth-order valence-corrected chi connectivity index (χ4v) is 4.50. The second-order valence-corrected chi connectivity index (χ2v) is 8.52. The van der Waals surface area contributed by atoms with Gasteiger partial charge in [0.05, 0.1) is 23.4 Å². The summed E-state index contributed by atoms with van der Waals surface area (Å²) in [5.74, 6) is 0.0128. The summed E-state index contributed by atoms with van der Waals surface area (Å²) in [4.78, 5) is 24.3. The van der Waals surface area contributed by atoms with Crippen molar-refractivity contribution in [1.82, 2.24) is 5.32 Å². The number of nitrogens with one attached hydrogen (secondary N) is 1. The van der Waals surface area contributed by atoms with Crippen LogP contribution in [0.5, 0.6) is 0 Å². The van der Waals surface area contributed by atoms with Crippen molar-refractivity contribution in [3.63, 3.8) is 0 Å². The van der Waals surface area contributed by atoms with Gasteiger partial charge in [-0.05, 0) is 44.9 Å². The molecule has 0 spiro atoms. The Hall–Kier alpha value is -3.30. The molecule has 9 heteroatoms. The SMILES string of the molecule is CCO.COC(=O)OC1=C(C)NC(C)=C([N+](=O)[O-])C1c1ccccc1SCc1ccc(C)cc1. The molecule has 3 rings (SSSR count). The third-order valence-corrected chi connectivity index (χ3v) is 6.13. The lowest BCUT2D eigenvalue weighted by Crippen LogP contribution is -2.30. The van der Waals surface area contributed by atoms with Crippen LogP contribution in [0.1, 0.15) is 43.4 Å². The number of hydrogen-bond acceptors (Lipinski definition) is 8. The summed E-state index contributed by atoms with van der Waals surface area (Å²) in [5, 5.41) is 22.5. The number of aliphatic hydroxyl groups excluding tert-OH is 1. The standard InChI is InChI=1S/C23H24N2O5S.C2H6O/c1-14-9-11-17(12-10-14)13-31-19-8-6-5-7-18(19)20-21(25(27)28)15(2)24-16(3)22(20)30-23(26)29-4;1-2-3/h5-12,20,24H,13H2,1-4H3;3H,2H2,1H3. The van der Waals surface area contributed by atoms with Crippen LogP contribution in [0.15, 0.2) is 76.3 Å². The van der Waals surface area contributed by atoms with E-state index in [1.807, 2.05) is 31.2 Å². The van der Waals surface area contributed by atoms with Gasteiger partial charge in [0.2, 0.25) is 0 Å². The average molecular weight is 487 g/mol. The third-order valence-electron chi connectivity index (χ3n) is 4.97. The van der Waals surface area contributed by atoms with Gasteiger partial charge in [-0.25, -0.2) is 4.79 Å². The molecule has 34 heavy (non-hydrogen) atoms. The molecule has 2 aromatic carbocycles. The number of ether oxygens (including phenoxy) is 2. The Balaban J connectivity index is 0.00000129. The number of carbonyl (C=O) groups excluding carboxylic acids is 1. The molecule has 0 saturated heterocycles. The molecular weight excluding hydrogens is 456 g/mol. The maximum Gasteiger partial charge on any atom is 0.513 e. The molecule has 1 unspecified atom stereocenters. The highest BCUT2D eigenvalue weighted by atomic mass is 32.2. The molecule has 182 valence electrons. The van der Waals surface area contributed by atoms with Crippen LogP contribution in [0.3, 0.4) is 0 Å². The molecule has 0 aliphatic carbocycles. The van der Waals surface area contributed by atoms with E-state index in [2.05, 4.69) is 34.3 Å². The number of methoxy groups -OCH3 is 1. The first-order valence-electron chi connectivity index (χ1n) is 10.7. The molecule has 2 aromatic rings. The number of rotatable bonds is 6. The van der Waals surface area contributed by atoms with E-state index in [-0.39, 0.29) is 18.1 Å². The summed E-state index contributed by atoms with van der Waals surface area (Å²) in [6, 6.07) is 15.7. The lowest BCUT2D eigenvalue weighted by molar-refractivity contribution is -0.431. The van der Waals surface area contributed by atoms with Crippen molar-refractivity contribution in [3.05, 3.63) is 98.2 Å². The molecule has 1 heterocycles. The molecule has 0 amide bonds. The number of aliphatic hydroxyl groups is 1. The van der Waals surface area contributed by atoms with Gasteiger partial charge in [-0.3, -0.25) is 10.1 Å². The van der Waals surface area contributed by atoms with E-state index in [1.165, 1.54) is 12.7 Å².